The van der Waals surface area contributed by atoms with E-state index in [-0.39, 0.29) is 36.6 Å². The molecule has 6 rings (SSSR count). The number of piperidine rings is 1. The van der Waals surface area contributed by atoms with Crippen molar-refractivity contribution in [2.45, 2.75) is 50.4 Å². The van der Waals surface area contributed by atoms with Crippen LogP contribution in [0.3, 0.4) is 0 Å². The van der Waals surface area contributed by atoms with Crippen LogP contribution in [0.15, 0.2) is 42.6 Å². The van der Waals surface area contributed by atoms with Gasteiger partial charge >= 0.3 is 6.18 Å². The van der Waals surface area contributed by atoms with Crippen LogP contribution in [0, 0.1) is 0 Å². The number of hydrogen-bond acceptors (Lipinski definition) is 8. The number of rotatable bonds is 6. The first kappa shape index (κ1) is 28.2. The molecule has 9 nitrogen and oxygen atoms in total. The lowest BCUT2D eigenvalue weighted by atomic mass is 9.68. The van der Waals surface area contributed by atoms with Crippen molar-refractivity contribution in [2.75, 3.05) is 44.8 Å². The summed E-state index contributed by atoms with van der Waals surface area (Å²) in [5.41, 5.74) is 1.25. The maximum absolute atomic E-state index is 14.3. The first-order valence-corrected chi connectivity index (χ1v) is 14.2. The number of carbonyl (C=O) groups excluding carboxylic acids is 1. The molecule has 1 unspecified atom stereocenters. The lowest BCUT2D eigenvalue weighted by Gasteiger charge is -2.49. The van der Waals surface area contributed by atoms with Crippen molar-refractivity contribution >= 4 is 11.6 Å². The van der Waals surface area contributed by atoms with Gasteiger partial charge in [-0.1, -0.05) is 6.07 Å². The molecule has 6 heterocycles. The zero-order chi connectivity index (χ0) is 29.5. The second kappa shape index (κ2) is 11.0. The van der Waals surface area contributed by atoms with Crippen LogP contribution in [-0.4, -0.2) is 71.7 Å². The summed E-state index contributed by atoms with van der Waals surface area (Å²) in [5, 5.41) is 3.35. The van der Waals surface area contributed by atoms with E-state index in [4.69, 9.17) is 14.5 Å². The van der Waals surface area contributed by atoms with Crippen LogP contribution in [0.1, 0.15) is 43.1 Å². The highest BCUT2D eigenvalue weighted by molar-refractivity contribution is 5.91. The highest BCUT2D eigenvalue weighted by Crippen LogP contribution is 2.46. The summed E-state index contributed by atoms with van der Waals surface area (Å²) < 4.78 is 52.6. The van der Waals surface area contributed by atoms with Crippen molar-refractivity contribution in [2.24, 2.45) is 0 Å². The van der Waals surface area contributed by atoms with Gasteiger partial charge in [-0.2, -0.15) is 13.2 Å². The number of nitrogens with one attached hydrogen (secondary N) is 1. The molecule has 222 valence electrons. The fourth-order valence-electron chi connectivity index (χ4n) is 6.49. The second-order valence-electron chi connectivity index (χ2n) is 10.8. The van der Waals surface area contributed by atoms with E-state index in [1.807, 2.05) is 36.1 Å². The Labute approximate surface area is 242 Å². The Balaban J connectivity index is 1.37. The van der Waals surface area contributed by atoms with E-state index < -0.39 is 17.3 Å². The monoisotopic (exact) mass is 582 g/mol. The molecule has 1 N–H and O–H groups in total. The molecule has 3 aliphatic rings. The highest BCUT2D eigenvalue weighted by Gasteiger charge is 2.52. The molecule has 3 aliphatic heterocycles. The molecule has 3 aromatic rings. The topological polar surface area (TPSA) is 92.7 Å². The summed E-state index contributed by atoms with van der Waals surface area (Å²) in [4.78, 5) is 31.1. The number of anilines is 1. The van der Waals surface area contributed by atoms with Crippen molar-refractivity contribution < 1.29 is 27.4 Å². The zero-order valence-corrected chi connectivity index (χ0v) is 23.6. The molecular weight excluding hydrogens is 549 g/mol. The Morgan fingerprint density at radius 1 is 1.12 bits per heavy atom. The van der Waals surface area contributed by atoms with Crippen molar-refractivity contribution in [3.8, 4) is 23.0 Å². The zero-order valence-electron chi connectivity index (χ0n) is 23.6. The van der Waals surface area contributed by atoms with Crippen LogP contribution < -0.4 is 19.7 Å². The molecule has 0 aromatic carbocycles. The number of carbonyl (C=O) groups is 1. The third-order valence-electron chi connectivity index (χ3n) is 8.57. The van der Waals surface area contributed by atoms with E-state index in [2.05, 4.69) is 15.3 Å². The first-order chi connectivity index (χ1) is 20.2. The van der Waals surface area contributed by atoms with E-state index in [1.165, 1.54) is 19.2 Å². The predicted molar refractivity (Wildman–Crippen MR) is 149 cm³/mol. The quantitative estimate of drug-likeness (QED) is 0.463. The first-order valence-electron chi connectivity index (χ1n) is 14.2. The van der Waals surface area contributed by atoms with Gasteiger partial charge in [-0.15, -0.1) is 0 Å². The number of alkyl halides is 3. The van der Waals surface area contributed by atoms with E-state index in [0.717, 1.165) is 29.8 Å². The molecule has 0 bridgehead atoms. The fraction of sp³-hybridized carbons (Fsp3) is 0.467. The van der Waals surface area contributed by atoms with Crippen LogP contribution in [0.4, 0.5) is 18.9 Å². The van der Waals surface area contributed by atoms with Gasteiger partial charge in [0, 0.05) is 37.9 Å². The van der Waals surface area contributed by atoms with Crippen molar-refractivity contribution in [1.29, 1.82) is 0 Å². The molecule has 12 heteroatoms. The molecule has 2 fully saturated rings. The van der Waals surface area contributed by atoms with Gasteiger partial charge in [-0.3, -0.25) is 9.78 Å². The lowest BCUT2D eigenvalue weighted by molar-refractivity contribution is -0.143. The maximum Gasteiger partial charge on any atom is 0.435 e. The van der Waals surface area contributed by atoms with Gasteiger partial charge in [0.25, 0.3) is 0 Å². The SMILES string of the molecule is CCOc1ncccc1-c1ccc2c(n1)CN(C1CCNC1)C(=O)C21CCN(c2ccc(OC)nc2C(F)(F)F)CC1. The Morgan fingerprint density at radius 2 is 1.93 bits per heavy atom. The van der Waals surface area contributed by atoms with Crippen LogP contribution in [0.2, 0.25) is 0 Å². The number of hydrogen-bond donors (Lipinski definition) is 1. The Morgan fingerprint density at radius 3 is 2.62 bits per heavy atom. The van der Waals surface area contributed by atoms with Crippen LogP contribution in [-0.2, 0) is 22.9 Å². The number of ether oxygens (including phenoxy) is 2. The minimum absolute atomic E-state index is 0.00742. The number of aromatic nitrogens is 3. The van der Waals surface area contributed by atoms with Gasteiger partial charge in [-0.25, -0.2) is 9.97 Å². The number of fused-ring (bicyclic) bond motifs is 2. The van der Waals surface area contributed by atoms with Crippen molar-refractivity contribution in [3.05, 3.63) is 59.5 Å². The summed E-state index contributed by atoms with van der Waals surface area (Å²) in [6, 6.07) is 10.5. The summed E-state index contributed by atoms with van der Waals surface area (Å²) in [6.45, 7) is 4.79. The average Bonchev–Trinajstić information content (AvgIpc) is 3.54. The lowest BCUT2D eigenvalue weighted by Crippen LogP contribution is -2.58. The van der Waals surface area contributed by atoms with Crippen molar-refractivity contribution in [1.82, 2.24) is 25.2 Å². The molecule has 1 atom stereocenters. The van der Waals surface area contributed by atoms with Gasteiger partial charge < -0.3 is 24.6 Å². The number of halogens is 3. The molecule has 3 aromatic heterocycles. The second-order valence-corrected chi connectivity index (χ2v) is 10.8. The van der Waals surface area contributed by atoms with Gasteiger partial charge in [-0.05, 0) is 62.6 Å². The number of methoxy groups -OCH3 is 1. The third-order valence-corrected chi connectivity index (χ3v) is 8.57. The number of pyridine rings is 3. The van der Waals surface area contributed by atoms with Crippen LogP contribution in [0.5, 0.6) is 11.8 Å². The average molecular weight is 583 g/mol. The molecule has 1 spiro atoms. The minimum Gasteiger partial charge on any atom is -0.481 e. The van der Waals surface area contributed by atoms with Gasteiger partial charge in [0.05, 0.1) is 48.3 Å². The molecule has 0 saturated carbocycles. The van der Waals surface area contributed by atoms with Gasteiger partial charge in [0.2, 0.25) is 17.7 Å². The fourth-order valence-corrected chi connectivity index (χ4v) is 6.49. The van der Waals surface area contributed by atoms with E-state index >= 15 is 0 Å². The number of amides is 1. The Bertz CT molecular complexity index is 1470. The minimum atomic E-state index is -4.65. The molecule has 42 heavy (non-hydrogen) atoms. The Hall–Kier alpha value is -3.93. The largest absolute Gasteiger partial charge is 0.481 e. The third kappa shape index (κ3) is 4.91. The van der Waals surface area contributed by atoms with Crippen molar-refractivity contribution in [3.63, 3.8) is 0 Å². The van der Waals surface area contributed by atoms with Gasteiger partial charge in [0.1, 0.15) is 0 Å². The molecular formula is C30H33F3N6O3. The van der Waals surface area contributed by atoms with E-state index in [0.29, 0.717) is 44.1 Å². The highest BCUT2D eigenvalue weighted by atomic mass is 19.4. The smallest absolute Gasteiger partial charge is 0.435 e. The summed E-state index contributed by atoms with van der Waals surface area (Å²) in [7, 11) is 1.29. The summed E-state index contributed by atoms with van der Waals surface area (Å²) in [5.74, 6) is 0.422. The van der Waals surface area contributed by atoms with E-state index in [9.17, 15) is 18.0 Å². The molecule has 2 saturated heterocycles. The summed E-state index contributed by atoms with van der Waals surface area (Å²) in [6.07, 6.45) is -1.42. The van der Waals surface area contributed by atoms with Crippen LogP contribution >= 0.6 is 0 Å². The number of nitrogens with zero attached hydrogens (tertiary/aromatic N) is 5. The predicted octanol–water partition coefficient (Wildman–Crippen LogP) is 4.21. The van der Waals surface area contributed by atoms with E-state index in [1.54, 1.807) is 11.1 Å². The summed E-state index contributed by atoms with van der Waals surface area (Å²) >= 11 is 0. The molecule has 1 amide bonds. The molecule has 0 radical (unpaired) electrons. The normalized spacial score (nSPS) is 20.1. The maximum atomic E-state index is 14.3. The standard InChI is InChI=1S/C30H33F3N6O3/c1-3-42-27-20(5-4-13-35-27)22-7-6-21-23(36-22)18-39(19-10-14-34-17-19)28(40)29(21)11-15-38(16-12-29)24-8-9-25(41-2)37-26(24)30(31,32)33/h4-9,13,19,34H,3,10-12,14-18H2,1-2H3. The Kier molecular flexibility index (Phi) is 7.42. The molecule has 0 aliphatic carbocycles. The van der Waals surface area contributed by atoms with Gasteiger partial charge in [0.15, 0.2) is 5.69 Å². The van der Waals surface area contributed by atoms with Crippen LogP contribution in [0.25, 0.3) is 11.3 Å².